The molecule has 1 aromatic carbocycles. The highest BCUT2D eigenvalue weighted by atomic mass is 15.3. The van der Waals surface area contributed by atoms with Gasteiger partial charge in [-0.1, -0.05) is 24.1 Å². The lowest BCUT2D eigenvalue weighted by Gasteiger charge is -2.41. The fraction of sp³-hybridized carbons (Fsp3) is 0.500. The van der Waals surface area contributed by atoms with Crippen LogP contribution < -0.4 is 9.80 Å². The summed E-state index contributed by atoms with van der Waals surface area (Å²) in [6.07, 6.45) is 6.48. The van der Waals surface area contributed by atoms with Crippen LogP contribution in [0.25, 0.3) is 11.2 Å². The van der Waals surface area contributed by atoms with Gasteiger partial charge in [-0.15, -0.1) is 0 Å². The van der Waals surface area contributed by atoms with Crippen molar-refractivity contribution in [3.8, 4) is 0 Å². The molecule has 5 rings (SSSR count). The highest BCUT2D eigenvalue weighted by molar-refractivity contribution is 5.84. The van der Waals surface area contributed by atoms with Gasteiger partial charge in [0.15, 0.2) is 17.0 Å². The van der Waals surface area contributed by atoms with Gasteiger partial charge in [-0.05, 0) is 38.8 Å². The number of imidazole rings is 1. The number of hydrogen-bond acceptors (Lipinski definition) is 5. The van der Waals surface area contributed by atoms with Gasteiger partial charge in [-0.25, -0.2) is 15.0 Å². The van der Waals surface area contributed by atoms with Crippen molar-refractivity contribution < 1.29 is 0 Å². The van der Waals surface area contributed by atoms with Crippen molar-refractivity contribution in [2.75, 3.05) is 29.4 Å². The number of nitrogens with zero attached hydrogens (tertiary/aromatic N) is 6. The Hall–Kier alpha value is -2.63. The predicted molar refractivity (Wildman–Crippen MR) is 113 cm³/mol. The largest absolute Gasteiger partial charge is 0.365 e. The van der Waals surface area contributed by atoms with E-state index < -0.39 is 0 Å². The molecule has 0 aliphatic carbocycles. The van der Waals surface area contributed by atoms with Gasteiger partial charge < -0.3 is 14.4 Å². The van der Waals surface area contributed by atoms with Gasteiger partial charge in [-0.3, -0.25) is 0 Å². The first-order valence-electron chi connectivity index (χ1n) is 10.5. The first-order chi connectivity index (χ1) is 13.7. The van der Waals surface area contributed by atoms with E-state index in [1.807, 2.05) is 0 Å². The zero-order valence-electron chi connectivity index (χ0n) is 16.8. The quantitative estimate of drug-likeness (QED) is 0.684. The molecule has 1 unspecified atom stereocenters. The van der Waals surface area contributed by atoms with Gasteiger partial charge in [0.25, 0.3) is 0 Å². The van der Waals surface area contributed by atoms with Crippen LogP contribution in [0.1, 0.15) is 37.6 Å². The molecule has 2 aliphatic heterocycles. The Morgan fingerprint density at radius 1 is 0.964 bits per heavy atom. The number of rotatable bonds is 2. The predicted octanol–water partition coefficient (Wildman–Crippen LogP) is 3.58. The van der Waals surface area contributed by atoms with Crippen molar-refractivity contribution >= 4 is 22.7 Å². The van der Waals surface area contributed by atoms with Crippen LogP contribution in [0.5, 0.6) is 0 Å². The zero-order chi connectivity index (χ0) is 19.1. The van der Waals surface area contributed by atoms with Gasteiger partial charge in [0.1, 0.15) is 12.2 Å². The number of anilines is 2. The van der Waals surface area contributed by atoms with Gasteiger partial charge in [-0.2, -0.15) is 0 Å². The minimum atomic E-state index is 0.418. The van der Waals surface area contributed by atoms with Crippen molar-refractivity contribution in [3.63, 3.8) is 0 Å². The lowest BCUT2D eigenvalue weighted by molar-refractivity contribution is 0.548. The highest BCUT2D eigenvalue weighted by Gasteiger charge is 2.27. The number of aryl methyl sites for hydroxylation is 3. The number of fused-ring (bicyclic) bond motifs is 3. The molecular weight excluding hydrogens is 348 g/mol. The maximum absolute atomic E-state index is 4.98. The summed E-state index contributed by atoms with van der Waals surface area (Å²) in [4.78, 5) is 19.1. The third kappa shape index (κ3) is 3.01. The molecule has 146 valence electrons. The van der Waals surface area contributed by atoms with E-state index in [2.05, 4.69) is 62.4 Å². The van der Waals surface area contributed by atoms with Crippen LogP contribution in [-0.4, -0.2) is 45.2 Å². The molecule has 0 spiro atoms. The van der Waals surface area contributed by atoms with Crippen molar-refractivity contribution in [2.45, 2.75) is 52.1 Å². The lowest BCUT2D eigenvalue weighted by Crippen LogP contribution is -2.52. The van der Waals surface area contributed by atoms with Crippen LogP contribution in [0.15, 0.2) is 30.6 Å². The van der Waals surface area contributed by atoms with E-state index in [0.29, 0.717) is 6.04 Å². The molecule has 0 N–H and O–H groups in total. The van der Waals surface area contributed by atoms with Gasteiger partial charge in [0.05, 0.1) is 0 Å². The van der Waals surface area contributed by atoms with Crippen LogP contribution in [0.3, 0.4) is 0 Å². The molecule has 6 heteroatoms. The molecule has 1 atom stereocenters. The smallest absolute Gasteiger partial charge is 0.165 e. The Balaban J connectivity index is 1.43. The monoisotopic (exact) mass is 376 g/mol. The molecule has 0 amide bonds. The van der Waals surface area contributed by atoms with Crippen LogP contribution in [-0.2, 0) is 13.0 Å². The SMILES string of the molecule is Cc1ccc(N2CCN(c3ncnc4c3nc3n4CCCCC3)CC2C)cc1. The van der Waals surface area contributed by atoms with Crippen LogP contribution in [0.2, 0.25) is 0 Å². The molecule has 0 bridgehead atoms. The zero-order valence-corrected chi connectivity index (χ0v) is 16.8. The Bertz CT molecular complexity index is 977. The molecule has 6 nitrogen and oxygen atoms in total. The summed E-state index contributed by atoms with van der Waals surface area (Å²) < 4.78 is 2.32. The second-order valence-corrected chi connectivity index (χ2v) is 8.18. The third-order valence-corrected chi connectivity index (χ3v) is 6.17. The topological polar surface area (TPSA) is 50.1 Å². The first-order valence-corrected chi connectivity index (χ1v) is 10.5. The van der Waals surface area contributed by atoms with E-state index in [1.165, 1.54) is 36.3 Å². The fourth-order valence-corrected chi connectivity index (χ4v) is 4.63. The summed E-state index contributed by atoms with van der Waals surface area (Å²) >= 11 is 0. The minimum Gasteiger partial charge on any atom is -0.365 e. The maximum atomic E-state index is 4.98. The number of aromatic nitrogens is 4. The third-order valence-electron chi connectivity index (χ3n) is 6.17. The van der Waals surface area contributed by atoms with E-state index in [-0.39, 0.29) is 0 Å². The Morgan fingerprint density at radius 3 is 2.64 bits per heavy atom. The molecular formula is C22H28N6. The van der Waals surface area contributed by atoms with E-state index in [4.69, 9.17) is 4.98 Å². The second-order valence-electron chi connectivity index (χ2n) is 8.18. The molecule has 3 aromatic rings. The standard InChI is InChI=1S/C22H28N6/c1-16-7-9-18(10-8-16)27-13-12-26(14-17(27)2)21-20-22(24-15-23-21)28-11-5-3-4-6-19(28)25-20/h7-10,15,17H,3-6,11-14H2,1-2H3. The first kappa shape index (κ1) is 17.5. The average Bonchev–Trinajstić information content (AvgIpc) is 2.90. The van der Waals surface area contributed by atoms with E-state index in [9.17, 15) is 0 Å². The Morgan fingerprint density at radius 2 is 1.82 bits per heavy atom. The minimum absolute atomic E-state index is 0.418. The molecule has 1 saturated heterocycles. The van der Waals surface area contributed by atoms with E-state index >= 15 is 0 Å². The average molecular weight is 377 g/mol. The number of hydrogen-bond donors (Lipinski definition) is 0. The summed E-state index contributed by atoms with van der Waals surface area (Å²) in [6.45, 7) is 8.35. The maximum Gasteiger partial charge on any atom is 0.165 e. The molecule has 4 heterocycles. The number of benzene rings is 1. The van der Waals surface area contributed by atoms with Crippen molar-refractivity contribution in [1.29, 1.82) is 0 Å². The van der Waals surface area contributed by atoms with Crippen molar-refractivity contribution in [2.24, 2.45) is 0 Å². The Kier molecular flexibility index (Phi) is 4.41. The molecule has 2 aliphatic rings. The van der Waals surface area contributed by atoms with E-state index in [1.54, 1.807) is 6.33 Å². The molecule has 2 aromatic heterocycles. The van der Waals surface area contributed by atoms with Gasteiger partial charge >= 0.3 is 0 Å². The second kappa shape index (κ2) is 7.08. The molecule has 28 heavy (non-hydrogen) atoms. The summed E-state index contributed by atoms with van der Waals surface area (Å²) in [5.74, 6) is 2.18. The molecule has 1 fully saturated rings. The van der Waals surface area contributed by atoms with Crippen molar-refractivity contribution in [1.82, 2.24) is 19.5 Å². The van der Waals surface area contributed by atoms with Crippen LogP contribution in [0, 0.1) is 6.92 Å². The summed E-state index contributed by atoms with van der Waals surface area (Å²) in [7, 11) is 0. The van der Waals surface area contributed by atoms with Gasteiger partial charge in [0.2, 0.25) is 0 Å². The van der Waals surface area contributed by atoms with Crippen LogP contribution >= 0.6 is 0 Å². The van der Waals surface area contributed by atoms with Crippen LogP contribution in [0.4, 0.5) is 11.5 Å². The fourth-order valence-electron chi connectivity index (χ4n) is 4.63. The normalized spacial score (nSPS) is 20.3. The molecule has 0 saturated carbocycles. The van der Waals surface area contributed by atoms with E-state index in [0.717, 1.165) is 49.6 Å². The summed E-state index contributed by atoms with van der Waals surface area (Å²) in [5.41, 5.74) is 4.60. The summed E-state index contributed by atoms with van der Waals surface area (Å²) in [5, 5.41) is 0. The lowest BCUT2D eigenvalue weighted by atomic mass is 10.1. The molecule has 0 radical (unpaired) electrons. The Labute approximate surface area is 166 Å². The van der Waals surface area contributed by atoms with Gasteiger partial charge in [0, 0.05) is 44.3 Å². The van der Waals surface area contributed by atoms with Crippen molar-refractivity contribution in [3.05, 3.63) is 42.0 Å². The number of piperazine rings is 1. The summed E-state index contributed by atoms with van der Waals surface area (Å²) in [6, 6.07) is 9.27. The highest BCUT2D eigenvalue weighted by Crippen LogP contribution is 2.29.